The molecule has 0 aromatic carbocycles. The topological polar surface area (TPSA) is 41.1 Å². The monoisotopic (exact) mass is 172 g/mol. The van der Waals surface area contributed by atoms with Gasteiger partial charge in [0.1, 0.15) is 0 Å². The van der Waals surface area contributed by atoms with Crippen LogP contribution >= 0.6 is 0 Å². The highest BCUT2D eigenvalue weighted by Crippen LogP contribution is 1.88. The van der Waals surface area contributed by atoms with Crippen molar-refractivity contribution >= 4 is 5.91 Å². The zero-order valence-corrected chi connectivity index (χ0v) is 8.31. The number of carbonyl (C=O) groups is 1. The fraction of sp³-hybridized carbons (Fsp3) is 0.889. The molecule has 72 valence electrons. The predicted octanol–water partition coefficient (Wildman–Crippen LogP) is 0.901. The van der Waals surface area contributed by atoms with Crippen molar-refractivity contribution in [3.05, 3.63) is 0 Å². The SMILES string of the molecule is CCNCCCC(=O)NC(C)C. The Morgan fingerprint density at radius 1 is 1.42 bits per heavy atom. The average molecular weight is 172 g/mol. The molecule has 0 rings (SSSR count). The van der Waals surface area contributed by atoms with Gasteiger partial charge in [-0.3, -0.25) is 4.79 Å². The standard InChI is InChI=1S/C9H20N2O/c1-4-10-7-5-6-9(12)11-8(2)3/h8,10H,4-7H2,1-3H3,(H,11,12). The highest BCUT2D eigenvalue weighted by molar-refractivity contribution is 5.76. The molecule has 0 saturated heterocycles. The second kappa shape index (κ2) is 7.10. The Bertz CT molecular complexity index is 124. The average Bonchev–Trinajstić information content (AvgIpc) is 1.97. The van der Waals surface area contributed by atoms with E-state index in [2.05, 4.69) is 17.6 Å². The molecule has 0 aliphatic heterocycles. The van der Waals surface area contributed by atoms with Crippen molar-refractivity contribution in [1.29, 1.82) is 0 Å². The van der Waals surface area contributed by atoms with Gasteiger partial charge >= 0.3 is 0 Å². The fourth-order valence-corrected chi connectivity index (χ4v) is 0.945. The molecule has 0 radical (unpaired) electrons. The smallest absolute Gasteiger partial charge is 0.220 e. The van der Waals surface area contributed by atoms with Crippen LogP contribution in [0, 0.1) is 0 Å². The third-order valence-corrected chi connectivity index (χ3v) is 1.46. The van der Waals surface area contributed by atoms with Gasteiger partial charge in [0.15, 0.2) is 0 Å². The lowest BCUT2D eigenvalue weighted by atomic mass is 10.2. The molecule has 0 fully saturated rings. The van der Waals surface area contributed by atoms with E-state index in [-0.39, 0.29) is 11.9 Å². The molecule has 3 nitrogen and oxygen atoms in total. The van der Waals surface area contributed by atoms with Gasteiger partial charge in [-0.15, -0.1) is 0 Å². The Morgan fingerprint density at radius 3 is 2.58 bits per heavy atom. The molecule has 0 atom stereocenters. The van der Waals surface area contributed by atoms with Crippen molar-refractivity contribution in [1.82, 2.24) is 10.6 Å². The van der Waals surface area contributed by atoms with Crippen LogP contribution in [-0.2, 0) is 4.79 Å². The number of hydrogen-bond acceptors (Lipinski definition) is 2. The van der Waals surface area contributed by atoms with E-state index in [0.29, 0.717) is 6.42 Å². The molecule has 0 bridgehead atoms. The van der Waals surface area contributed by atoms with E-state index in [9.17, 15) is 4.79 Å². The minimum absolute atomic E-state index is 0.155. The van der Waals surface area contributed by atoms with Gasteiger partial charge in [-0.25, -0.2) is 0 Å². The number of carbonyl (C=O) groups excluding carboxylic acids is 1. The maximum atomic E-state index is 11.1. The van der Waals surface area contributed by atoms with E-state index in [0.717, 1.165) is 19.5 Å². The highest BCUT2D eigenvalue weighted by atomic mass is 16.1. The van der Waals surface area contributed by atoms with Gasteiger partial charge < -0.3 is 10.6 Å². The summed E-state index contributed by atoms with van der Waals surface area (Å²) < 4.78 is 0. The van der Waals surface area contributed by atoms with Gasteiger partial charge in [-0.2, -0.15) is 0 Å². The van der Waals surface area contributed by atoms with Crippen LogP contribution in [0.15, 0.2) is 0 Å². The Kier molecular flexibility index (Phi) is 6.76. The Morgan fingerprint density at radius 2 is 2.08 bits per heavy atom. The first-order valence-electron chi connectivity index (χ1n) is 4.67. The largest absolute Gasteiger partial charge is 0.354 e. The highest BCUT2D eigenvalue weighted by Gasteiger charge is 2.01. The normalized spacial score (nSPS) is 10.3. The van der Waals surface area contributed by atoms with E-state index in [1.807, 2.05) is 13.8 Å². The fourth-order valence-electron chi connectivity index (χ4n) is 0.945. The summed E-state index contributed by atoms with van der Waals surface area (Å²) in [6.07, 6.45) is 1.55. The first-order valence-corrected chi connectivity index (χ1v) is 4.67. The van der Waals surface area contributed by atoms with E-state index < -0.39 is 0 Å². The summed E-state index contributed by atoms with van der Waals surface area (Å²) in [6.45, 7) is 7.92. The van der Waals surface area contributed by atoms with E-state index in [1.54, 1.807) is 0 Å². The second-order valence-corrected chi connectivity index (χ2v) is 3.18. The molecule has 0 aromatic heterocycles. The summed E-state index contributed by atoms with van der Waals surface area (Å²) >= 11 is 0. The van der Waals surface area contributed by atoms with Crippen molar-refractivity contribution < 1.29 is 4.79 Å². The Balaban J connectivity index is 3.20. The molecule has 0 aliphatic rings. The number of hydrogen-bond donors (Lipinski definition) is 2. The molecule has 0 aromatic rings. The number of rotatable bonds is 6. The molecule has 1 amide bonds. The van der Waals surface area contributed by atoms with Gasteiger partial charge in [0.25, 0.3) is 0 Å². The molecule has 12 heavy (non-hydrogen) atoms. The second-order valence-electron chi connectivity index (χ2n) is 3.18. The summed E-state index contributed by atoms with van der Waals surface area (Å²) in [5.41, 5.74) is 0. The predicted molar refractivity (Wildman–Crippen MR) is 51.1 cm³/mol. The first-order chi connectivity index (χ1) is 5.66. The summed E-state index contributed by atoms with van der Waals surface area (Å²) in [6, 6.07) is 0.261. The molecular formula is C9H20N2O. The van der Waals surface area contributed by atoms with Gasteiger partial charge in [0, 0.05) is 12.5 Å². The van der Waals surface area contributed by atoms with Crippen molar-refractivity contribution in [3.8, 4) is 0 Å². The lowest BCUT2D eigenvalue weighted by Gasteiger charge is -2.07. The molecule has 0 heterocycles. The van der Waals surface area contributed by atoms with Gasteiger partial charge in [0.2, 0.25) is 5.91 Å². The zero-order chi connectivity index (χ0) is 9.40. The van der Waals surface area contributed by atoms with Crippen LogP contribution in [0.5, 0.6) is 0 Å². The molecule has 0 spiro atoms. The van der Waals surface area contributed by atoms with E-state index >= 15 is 0 Å². The van der Waals surface area contributed by atoms with Gasteiger partial charge in [-0.1, -0.05) is 6.92 Å². The van der Waals surface area contributed by atoms with Crippen molar-refractivity contribution in [2.45, 2.75) is 39.7 Å². The third kappa shape index (κ3) is 7.54. The zero-order valence-electron chi connectivity index (χ0n) is 8.31. The van der Waals surface area contributed by atoms with E-state index in [1.165, 1.54) is 0 Å². The maximum absolute atomic E-state index is 11.1. The molecular weight excluding hydrogens is 152 g/mol. The summed E-state index contributed by atoms with van der Waals surface area (Å²) in [5.74, 6) is 0.155. The first kappa shape index (κ1) is 11.4. The third-order valence-electron chi connectivity index (χ3n) is 1.46. The van der Waals surface area contributed by atoms with Crippen LogP contribution in [0.25, 0.3) is 0 Å². The Hall–Kier alpha value is -0.570. The maximum Gasteiger partial charge on any atom is 0.220 e. The van der Waals surface area contributed by atoms with Crippen LogP contribution in [0.4, 0.5) is 0 Å². The van der Waals surface area contributed by atoms with E-state index in [4.69, 9.17) is 0 Å². The Labute approximate surface area is 74.9 Å². The van der Waals surface area contributed by atoms with Crippen LogP contribution in [0.1, 0.15) is 33.6 Å². The summed E-state index contributed by atoms with van der Waals surface area (Å²) in [5, 5.41) is 6.03. The lowest BCUT2D eigenvalue weighted by Crippen LogP contribution is -2.30. The quantitative estimate of drug-likeness (QED) is 0.584. The van der Waals surface area contributed by atoms with Crippen molar-refractivity contribution in [3.63, 3.8) is 0 Å². The molecule has 2 N–H and O–H groups in total. The van der Waals surface area contributed by atoms with Crippen LogP contribution in [0.3, 0.4) is 0 Å². The number of nitrogens with one attached hydrogen (secondary N) is 2. The van der Waals surface area contributed by atoms with Crippen LogP contribution in [0.2, 0.25) is 0 Å². The summed E-state index contributed by atoms with van der Waals surface area (Å²) in [7, 11) is 0. The molecule has 3 heteroatoms. The van der Waals surface area contributed by atoms with Crippen molar-refractivity contribution in [2.24, 2.45) is 0 Å². The molecule has 0 unspecified atom stereocenters. The molecule has 0 aliphatic carbocycles. The number of amides is 1. The minimum Gasteiger partial charge on any atom is -0.354 e. The van der Waals surface area contributed by atoms with Gasteiger partial charge in [0.05, 0.1) is 0 Å². The van der Waals surface area contributed by atoms with Crippen LogP contribution in [-0.4, -0.2) is 25.0 Å². The molecule has 0 saturated carbocycles. The minimum atomic E-state index is 0.155. The summed E-state index contributed by atoms with van der Waals surface area (Å²) in [4.78, 5) is 11.1. The van der Waals surface area contributed by atoms with Crippen molar-refractivity contribution in [2.75, 3.05) is 13.1 Å². The van der Waals surface area contributed by atoms with Crippen LogP contribution < -0.4 is 10.6 Å². The van der Waals surface area contributed by atoms with Gasteiger partial charge in [-0.05, 0) is 33.4 Å². The lowest BCUT2D eigenvalue weighted by molar-refractivity contribution is -0.121.